The van der Waals surface area contributed by atoms with Gasteiger partial charge in [-0.3, -0.25) is 0 Å². The van der Waals surface area contributed by atoms with Crippen LogP contribution in [0.1, 0.15) is 6.85 Å². The fourth-order valence-electron chi connectivity index (χ4n) is 6.48. The van der Waals surface area contributed by atoms with Crippen LogP contribution < -0.4 is 0 Å². The second-order valence-corrected chi connectivity index (χ2v) is 12.1. The van der Waals surface area contributed by atoms with E-state index in [0.29, 0.717) is 22.8 Å². The summed E-state index contributed by atoms with van der Waals surface area (Å²) in [6.07, 6.45) is 0. The van der Waals surface area contributed by atoms with Crippen LogP contribution in [0.3, 0.4) is 0 Å². The number of benzene rings is 8. The summed E-state index contributed by atoms with van der Waals surface area (Å²) in [6, 6.07) is 51.3. The van der Waals surface area contributed by atoms with Gasteiger partial charge in [0, 0.05) is 16.7 Å². The van der Waals surface area contributed by atoms with Gasteiger partial charge in [-0.1, -0.05) is 158 Å². The van der Waals surface area contributed by atoms with Crippen LogP contribution in [-0.4, -0.2) is 15.0 Å². The largest absolute Gasteiger partial charge is 0.208 e. The van der Waals surface area contributed by atoms with E-state index in [1.54, 1.807) is 0 Å². The molecule has 0 saturated carbocycles. The summed E-state index contributed by atoms with van der Waals surface area (Å²) in [5.74, 6) is 0.633. The maximum absolute atomic E-state index is 8.78. The summed E-state index contributed by atoms with van der Waals surface area (Å²) in [6.45, 7) is 0. The first kappa shape index (κ1) is 24.4. The number of aromatic nitrogens is 3. The Morgan fingerprint density at radius 3 is 1.56 bits per heavy atom. The van der Waals surface area contributed by atoms with E-state index in [2.05, 4.69) is 66.7 Å². The Balaban J connectivity index is 1.21. The molecular weight excluding hydrogens is 607 g/mol. The van der Waals surface area contributed by atoms with Gasteiger partial charge in [0.15, 0.2) is 17.5 Å². The fraction of sp³-hybridized carbons (Fsp3) is 0. The lowest BCUT2D eigenvalue weighted by molar-refractivity contribution is 1.07. The van der Waals surface area contributed by atoms with Crippen molar-refractivity contribution in [1.82, 2.24) is 15.0 Å². The summed E-state index contributed by atoms with van der Waals surface area (Å²) in [7, 11) is 0. The number of nitrogens with zero attached hydrogens (tertiary/aromatic N) is 3. The third-order valence-corrected chi connectivity index (χ3v) is 8.97. The highest BCUT2D eigenvalue weighted by atomic mass is 15.0. The molecule has 0 amide bonds. The Bertz CT molecular complexity index is 2900. The Kier molecular flexibility index (Phi) is 6.22. The number of fused-ring (bicyclic) bond motifs is 2. The average molecular weight is 643 g/mol. The lowest BCUT2D eigenvalue weighted by Gasteiger charge is -2.13. The molecular formula is C47H31N3. The van der Waals surface area contributed by atoms with Crippen molar-refractivity contribution >= 4 is 21.5 Å². The summed E-state index contributed by atoms with van der Waals surface area (Å²) in [4.78, 5) is 14.6. The Morgan fingerprint density at radius 2 is 0.840 bits per heavy atom. The van der Waals surface area contributed by atoms with Gasteiger partial charge in [-0.15, -0.1) is 0 Å². The van der Waals surface area contributed by atoms with Crippen LogP contribution in [-0.2, 0) is 0 Å². The van der Waals surface area contributed by atoms with E-state index in [1.807, 2.05) is 91.0 Å². The lowest BCUT2D eigenvalue weighted by atomic mass is 9.95. The van der Waals surface area contributed by atoms with Crippen LogP contribution in [0.25, 0.3) is 89.1 Å². The molecule has 1 heterocycles. The van der Waals surface area contributed by atoms with Crippen molar-refractivity contribution in [2.45, 2.75) is 0 Å². The predicted molar refractivity (Wildman–Crippen MR) is 207 cm³/mol. The van der Waals surface area contributed by atoms with E-state index < -0.39 is 18.1 Å². The second kappa shape index (κ2) is 12.7. The first-order chi connectivity index (χ1) is 26.8. The van der Waals surface area contributed by atoms with Gasteiger partial charge < -0.3 is 0 Å². The van der Waals surface area contributed by atoms with Crippen molar-refractivity contribution in [2.24, 2.45) is 0 Å². The SMILES string of the molecule is [2H]c1c([2H])c([2H])c(-c2nc(-c3cccc(-c4ccc5cc(-c6ccccc6)ccc5c4)c3)nc(-c3cc(-c4ccccc4)c4ccccc4c3)n2)c([2H])c1[2H]. The first-order valence-corrected chi connectivity index (χ1v) is 16.4. The van der Waals surface area contributed by atoms with E-state index in [9.17, 15) is 0 Å². The molecule has 9 rings (SSSR count). The van der Waals surface area contributed by atoms with Crippen molar-refractivity contribution in [2.75, 3.05) is 0 Å². The van der Waals surface area contributed by atoms with E-state index >= 15 is 0 Å². The molecule has 0 radical (unpaired) electrons. The van der Waals surface area contributed by atoms with Gasteiger partial charge >= 0.3 is 0 Å². The van der Waals surface area contributed by atoms with Gasteiger partial charge in [0.1, 0.15) is 0 Å². The van der Waals surface area contributed by atoms with Gasteiger partial charge in [0.25, 0.3) is 0 Å². The highest BCUT2D eigenvalue weighted by Crippen LogP contribution is 2.35. The zero-order valence-electron chi connectivity index (χ0n) is 31.9. The molecule has 8 aromatic carbocycles. The highest BCUT2D eigenvalue weighted by molar-refractivity contribution is 6.00. The van der Waals surface area contributed by atoms with Crippen molar-refractivity contribution in [1.29, 1.82) is 0 Å². The quantitative estimate of drug-likeness (QED) is 0.181. The fourth-order valence-corrected chi connectivity index (χ4v) is 6.48. The second-order valence-electron chi connectivity index (χ2n) is 12.1. The molecule has 50 heavy (non-hydrogen) atoms. The first-order valence-electron chi connectivity index (χ1n) is 18.9. The minimum Gasteiger partial charge on any atom is -0.208 e. The maximum atomic E-state index is 8.78. The predicted octanol–water partition coefficient (Wildman–Crippen LogP) is 12.2. The summed E-state index contributed by atoms with van der Waals surface area (Å²) >= 11 is 0. The minimum absolute atomic E-state index is 0.00301. The Labute approximate surface area is 298 Å². The van der Waals surface area contributed by atoms with Crippen LogP contribution in [0.5, 0.6) is 0 Å². The monoisotopic (exact) mass is 642 g/mol. The molecule has 0 fully saturated rings. The van der Waals surface area contributed by atoms with Crippen LogP contribution in [0.4, 0.5) is 0 Å². The molecule has 0 unspecified atom stereocenters. The molecule has 234 valence electrons. The van der Waals surface area contributed by atoms with Crippen LogP contribution in [0, 0.1) is 0 Å². The molecule has 1 aromatic heterocycles. The molecule has 3 nitrogen and oxygen atoms in total. The van der Waals surface area contributed by atoms with Crippen LogP contribution in [0.2, 0.25) is 0 Å². The third kappa shape index (κ3) is 5.72. The van der Waals surface area contributed by atoms with Crippen molar-refractivity contribution in [3.05, 3.63) is 188 Å². The van der Waals surface area contributed by atoms with Gasteiger partial charge in [-0.2, -0.15) is 0 Å². The normalized spacial score (nSPS) is 12.6. The molecule has 0 spiro atoms. The molecule has 3 heteroatoms. The molecule has 9 aromatic rings. The van der Waals surface area contributed by atoms with Crippen molar-refractivity contribution < 1.29 is 6.85 Å². The van der Waals surface area contributed by atoms with E-state index in [0.717, 1.165) is 49.4 Å². The zero-order valence-corrected chi connectivity index (χ0v) is 26.9. The van der Waals surface area contributed by atoms with Crippen molar-refractivity contribution in [3.63, 3.8) is 0 Å². The van der Waals surface area contributed by atoms with Gasteiger partial charge in [-0.25, -0.2) is 15.0 Å². The molecule has 0 aliphatic carbocycles. The number of rotatable bonds is 6. The molecule has 0 N–H and O–H groups in total. The summed E-state index contributed by atoms with van der Waals surface area (Å²) in [5.41, 5.74) is 7.63. The number of hydrogen-bond acceptors (Lipinski definition) is 3. The standard InChI is InChI=1S/C47H31N3/c1-4-13-32(14-5-1)36-23-24-39-28-37(25-26-38(39)27-36)35-20-12-21-41(29-35)46-48-45(34-17-8-3-9-18-34)49-47(50-46)42-30-40-19-10-11-22-43(40)44(31-42)33-15-6-2-7-16-33/h1-31H/i3D,8D,9D,17D,18D. The smallest absolute Gasteiger partial charge is 0.164 e. The van der Waals surface area contributed by atoms with Gasteiger partial charge in [0.2, 0.25) is 0 Å². The van der Waals surface area contributed by atoms with Gasteiger partial charge in [-0.05, 0) is 85.3 Å². The van der Waals surface area contributed by atoms with E-state index in [1.165, 1.54) is 5.56 Å². The van der Waals surface area contributed by atoms with E-state index in [4.69, 9.17) is 21.8 Å². The summed E-state index contributed by atoms with van der Waals surface area (Å²) < 4.78 is 42.5. The maximum Gasteiger partial charge on any atom is 0.164 e. The average Bonchev–Trinajstić information content (AvgIpc) is 3.25. The third-order valence-electron chi connectivity index (χ3n) is 8.97. The molecule has 0 aliphatic rings. The van der Waals surface area contributed by atoms with Crippen LogP contribution >= 0.6 is 0 Å². The molecule has 0 saturated heterocycles. The van der Waals surface area contributed by atoms with Gasteiger partial charge in [0.05, 0.1) is 6.85 Å². The van der Waals surface area contributed by atoms with E-state index in [-0.39, 0.29) is 23.5 Å². The minimum atomic E-state index is -0.477. The zero-order chi connectivity index (χ0) is 37.6. The Hall–Kier alpha value is -6.71. The topological polar surface area (TPSA) is 38.7 Å². The molecule has 0 aliphatic heterocycles. The summed E-state index contributed by atoms with van der Waals surface area (Å²) in [5, 5.41) is 4.30. The number of hydrogen-bond donors (Lipinski definition) is 0. The Morgan fingerprint density at radius 1 is 0.320 bits per heavy atom. The molecule has 0 atom stereocenters. The highest BCUT2D eigenvalue weighted by Gasteiger charge is 2.15. The van der Waals surface area contributed by atoms with Crippen molar-refractivity contribution in [3.8, 4) is 67.5 Å². The molecule has 0 bridgehead atoms. The van der Waals surface area contributed by atoms with Crippen LogP contribution in [0.15, 0.2) is 188 Å². The lowest BCUT2D eigenvalue weighted by Crippen LogP contribution is -2.00.